The highest BCUT2D eigenvalue weighted by molar-refractivity contribution is 5.24. The zero-order valence-electron chi connectivity index (χ0n) is 8.79. The van der Waals surface area contributed by atoms with Gasteiger partial charge < -0.3 is 14.6 Å². The fourth-order valence-corrected chi connectivity index (χ4v) is 1.22. The van der Waals surface area contributed by atoms with Gasteiger partial charge in [-0.1, -0.05) is 0 Å². The number of rotatable bonds is 5. The lowest BCUT2D eigenvalue weighted by atomic mass is 10.5. The van der Waals surface area contributed by atoms with Gasteiger partial charge in [0, 0.05) is 26.2 Å². The van der Waals surface area contributed by atoms with Crippen LogP contribution in [-0.2, 0) is 6.54 Å². The molecule has 1 aliphatic rings. The monoisotopic (exact) mass is 195 g/mol. The molecule has 14 heavy (non-hydrogen) atoms. The van der Waals surface area contributed by atoms with Crippen LogP contribution in [0.15, 0.2) is 10.7 Å². The minimum atomic E-state index is 0.708. The van der Waals surface area contributed by atoms with Crippen LogP contribution in [0.4, 0.5) is 6.01 Å². The van der Waals surface area contributed by atoms with E-state index in [-0.39, 0.29) is 0 Å². The van der Waals surface area contributed by atoms with Gasteiger partial charge >= 0.3 is 0 Å². The van der Waals surface area contributed by atoms with E-state index in [1.54, 1.807) is 6.26 Å². The Kier molecular flexibility index (Phi) is 2.72. The Balaban J connectivity index is 1.87. The van der Waals surface area contributed by atoms with E-state index in [1.807, 2.05) is 11.9 Å². The van der Waals surface area contributed by atoms with E-state index in [9.17, 15) is 0 Å². The number of aromatic nitrogens is 1. The first-order valence-corrected chi connectivity index (χ1v) is 5.18. The van der Waals surface area contributed by atoms with Crippen LogP contribution >= 0.6 is 0 Å². The van der Waals surface area contributed by atoms with Crippen LogP contribution in [0.25, 0.3) is 0 Å². The molecule has 1 aliphatic carbocycles. The minimum absolute atomic E-state index is 0.708. The zero-order valence-corrected chi connectivity index (χ0v) is 8.79. The summed E-state index contributed by atoms with van der Waals surface area (Å²) in [5.74, 6) is 0. The van der Waals surface area contributed by atoms with E-state index in [0.717, 1.165) is 24.8 Å². The van der Waals surface area contributed by atoms with Crippen LogP contribution in [0.3, 0.4) is 0 Å². The molecule has 0 aromatic carbocycles. The largest absolute Gasteiger partial charge is 0.432 e. The Hall–Kier alpha value is -1.03. The average Bonchev–Trinajstić information content (AvgIpc) is 2.92. The summed E-state index contributed by atoms with van der Waals surface area (Å²) in [5, 5.41) is 3.40. The molecule has 2 rings (SSSR count). The summed E-state index contributed by atoms with van der Waals surface area (Å²) in [5.41, 5.74) is 0.993. The maximum absolute atomic E-state index is 5.34. The summed E-state index contributed by atoms with van der Waals surface area (Å²) in [4.78, 5) is 6.36. The molecule has 0 amide bonds. The second-order valence-corrected chi connectivity index (χ2v) is 3.79. The molecule has 0 atom stereocenters. The molecule has 0 radical (unpaired) electrons. The van der Waals surface area contributed by atoms with Gasteiger partial charge in [-0.25, -0.2) is 0 Å². The van der Waals surface area contributed by atoms with E-state index in [0.29, 0.717) is 6.01 Å². The number of hydrogen-bond acceptors (Lipinski definition) is 4. The first kappa shape index (κ1) is 9.52. The highest BCUT2D eigenvalue weighted by Gasteiger charge is 2.20. The van der Waals surface area contributed by atoms with Crippen LogP contribution in [0, 0.1) is 0 Å². The summed E-state index contributed by atoms with van der Waals surface area (Å²) >= 11 is 0. The van der Waals surface area contributed by atoms with Crippen molar-refractivity contribution >= 4 is 6.01 Å². The van der Waals surface area contributed by atoms with Gasteiger partial charge in [-0.2, -0.15) is 4.98 Å². The van der Waals surface area contributed by atoms with Crippen molar-refractivity contribution in [3.63, 3.8) is 0 Å². The van der Waals surface area contributed by atoms with E-state index in [4.69, 9.17) is 4.42 Å². The molecule has 4 heteroatoms. The van der Waals surface area contributed by atoms with Crippen LogP contribution in [-0.4, -0.2) is 24.6 Å². The summed E-state index contributed by atoms with van der Waals surface area (Å²) in [6.07, 6.45) is 4.34. The first-order valence-electron chi connectivity index (χ1n) is 5.18. The normalized spacial score (nSPS) is 15.9. The van der Waals surface area contributed by atoms with Crippen molar-refractivity contribution in [2.24, 2.45) is 0 Å². The third-order valence-electron chi connectivity index (χ3n) is 2.49. The lowest BCUT2D eigenvalue weighted by Crippen LogP contribution is -2.17. The van der Waals surface area contributed by atoms with Gasteiger partial charge in [0.15, 0.2) is 0 Å². The Labute approximate surface area is 84.3 Å². The molecule has 0 unspecified atom stereocenters. The van der Waals surface area contributed by atoms with Gasteiger partial charge in [0.05, 0.1) is 5.69 Å². The Bertz CT molecular complexity index is 293. The van der Waals surface area contributed by atoms with E-state index < -0.39 is 0 Å². The lowest BCUT2D eigenvalue weighted by Gasteiger charge is -2.09. The molecule has 0 spiro atoms. The van der Waals surface area contributed by atoms with Crippen molar-refractivity contribution in [1.29, 1.82) is 0 Å². The fourth-order valence-electron chi connectivity index (χ4n) is 1.22. The molecular formula is C10H17N3O. The summed E-state index contributed by atoms with van der Waals surface area (Å²) in [7, 11) is 1.98. The molecule has 1 saturated carbocycles. The molecule has 0 saturated heterocycles. The zero-order chi connectivity index (χ0) is 9.97. The second-order valence-electron chi connectivity index (χ2n) is 3.79. The fraction of sp³-hybridized carbons (Fsp3) is 0.700. The number of nitrogens with zero attached hydrogens (tertiary/aromatic N) is 2. The highest BCUT2D eigenvalue weighted by Crippen LogP contribution is 2.19. The predicted octanol–water partition coefficient (Wildman–Crippen LogP) is 1.38. The third-order valence-corrected chi connectivity index (χ3v) is 2.49. The van der Waals surface area contributed by atoms with Gasteiger partial charge in [0.25, 0.3) is 6.01 Å². The van der Waals surface area contributed by atoms with Gasteiger partial charge in [-0.15, -0.1) is 0 Å². The molecule has 0 aliphatic heterocycles. The van der Waals surface area contributed by atoms with Crippen molar-refractivity contribution in [2.75, 3.05) is 18.5 Å². The molecule has 0 bridgehead atoms. The maximum Gasteiger partial charge on any atom is 0.297 e. The molecule has 1 heterocycles. The maximum atomic E-state index is 5.34. The Morgan fingerprint density at radius 1 is 1.64 bits per heavy atom. The standard InChI is InChI=1S/C10H17N3O/c1-3-13(2)10-12-9(7-14-10)6-11-8-4-5-8/h7-8,11H,3-6H2,1-2H3. The Morgan fingerprint density at radius 2 is 2.43 bits per heavy atom. The molecule has 1 fully saturated rings. The van der Waals surface area contributed by atoms with Crippen LogP contribution in [0.2, 0.25) is 0 Å². The quantitative estimate of drug-likeness (QED) is 0.770. The van der Waals surface area contributed by atoms with E-state index in [1.165, 1.54) is 12.8 Å². The third kappa shape index (κ3) is 2.26. The SMILES string of the molecule is CCN(C)c1nc(CNC2CC2)co1. The van der Waals surface area contributed by atoms with Crippen molar-refractivity contribution < 1.29 is 4.42 Å². The molecule has 1 aromatic heterocycles. The molecule has 1 N–H and O–H groups in total. The number of anilines is 1. The summed E-state index contributed by atoms with van der Waals surface area (Å²) < 4.78 is 5.34. The molecule has 1 aromatic rings. The summed E-state index contributed by atoms with van der Waals surface area (Å²) in [6.45, 7) is 3.81. The number of hydrogen-bond donors (Lipinski definition) is 1. The van der Waals surface area contributed by atoms with E-state index in [2.05, 4.69) is 17.2 Å². The van der Waals surface area contributed by atoms with Crippen LogP contribution < -0.4 is 10.2 Å². The topological polar surface area (TPSA) is 41.3 Å². The second kappa shape index (κ2) is 4.00. The molecular weight excluding hydrogens is 178 g/mol. The van der Waals surface area contributed by atoms with Crippen LogP contribution in [0.5, 0.6) is 0 Å². The van der Waals surface area contributed by atoms with Crippen molar-refractivity contribution in [3.8, 4) is 0 Å². The predicted molar refractivity (Wildman–Crippen MR) is 55.3 cm³/mol. The van der Waals surface area contributed by atoms with Crippen molar-refractivity contribution in [3.05, 3.63) is 12.0 Å². The van der Waals surface area contributed by atoms with Gasteiger partial charge in [-0.3, -0.25) is 0 Å². The van der Waals surface area contributed by atoms with Crippen molar-refractivity contribution in [2.45, 2.75) is 32.4 Å². The highest BCUT2D eigenvalue weighted by atomic mass is 16.4. The lowest BCUT2D eigenvalue weighted by molar-refractivity contribution is 0.546. The Morgan fingerprint density at radius 3 is 3.07 bits per heavy atom. The molecule has 78 valence electrons. The van der Waals surface area contributed by atoms with Crippen LogP contribution in [0.1, 0.15) is 25.5 Å². The average molecular weight is 195 g/mol. The molecule has 4 nitrogen and oxygen atoms in total. The first-order chi connectivity index (χ1) is 6.79. The number of oxazole rings is 1. The van der Waals surface area contributed by atoms with Crippen molar-refractivity contribution in [1.82, 2.24) is 10.3 Å². The van der Waals surface area contributed by atoms with E-state index >= 15 is 0 Å². The summed E-state index contributed by atoms with van der Waals surface area (Å²) in [6, 6.07) is 1.43. The van der Waals surface area contributed by atoms with Gasteiger partial charge in [0.2, 0.25) is 0 Å². The smallest absolute Gasteiger partial charge is 0.297 e. The minimum Gasteiger partial charge on any atom is -0.432 e. The number of nitrogens with one attached hydrogen (secondary N) is 1. The van der Waals surface area contributed by atoms with Gasteiger partial charge in [-0.05, 0) is 19.8 Å². The van der Waals surface area contributed by atoms with Gasteiger partial charge in [0.1, 0.15) is 6.26 Å².